The zero-order valence-corrected chi connectivity index (χ0v) is 24.1. The van der Waals surface area contributed by atoms with Crippen LogP contribution in [0.4, 0.5) is 15.8 Å². The number of rotatable bonds is 13. The highest BCUT2D eigenvalue weighted by Gasteiger charge is 2.41. The Hall–Kier alpha value is -3.04. The Balaban J connectivity index is 1.37. The largest absolute Gasteiger partial charge is 0.494 e. The predicted molar refractivity (Wildman–Crippen MR) is 153 cm³/mol. The van der Waals surface area contributed by atoms with Crippen molar-refractivity contribution in [2.75, 3.05) is 56.4 Å². The molecule has 2 fully saturated rings. The van der Waals surface area contributed by atoms with Gasteiger partial charge in [-0.25, -0.2) is 4.39 Å². The number of aliphatic carboxylic acids is 1. The molecule has 2 unspecified atom stereocenters. The van der Waals surface area contributed by atoms with Crippen LogP contribution < -0.4 is 19.3 Å². The van der Waals surface area contributed by atoms with Gasteiger partial charge in [0.2, 0.25) is 0 Å². The van der Waals surface area contributed by atoms with Gasteiger partial charge in [-0.1, -0.05) is 13.8 Å². The zero-order valence-electron chi connectivity index (χ0n) is 24.1. The highest BCUT2D eigenvalue weighted by molar-refractivity contribution is 5.69. The topological polar surface area (TPSA) is 80.7 Å². The molecule has 2 heterocycles. The van der Waals surface area contributed by atoms with Crippen LogP contribution in [0.3, 0.4) is 0 Å². The van der Waals surface area contributed by atoms with Gasteiger partial charge in [-0.15, -0.1) is 0 Å². The van der Waals surface area contributed by atoms with E-state index >= 15 is 0 Å². The van der Waals surface area contributed by atoms with Crippen LogP contribution in [0.15, 0.2) is 42.5 Å². The fourth-order valence-corrected chi connectivity index (χ4v) is 5.84. The van der Waals surface area contributed by atoms with Gasteiger partial charge in [-0.2, -0.15) is 0 Å². The number of nitrogens with zero attached hydrogens (tertiary/aromatic N) is 2. The van der Waals surface area contributed by atoms with E-state index in [2.05, 4.69) is 23.6 Å². The van der Waals surface area contributed by atoms with Crippen molar-refractivity contribution in [3.63, 3.8) is 0 Å². The van der Waals surface area contributed by atoms with E-state index in [1.54, 1.807) is 19.2 Å². The van der Waals surface area contributed by atoms with Crippen LogP contribution in [0.25, 0.3) is 0 Å². The average molecular weight is 559 g/mol. The van der Waals surface area contributed by atoms with Crippen molar-refractivity contribution in [2.45, 2.75) is 58.3 Å². The number of ether oxygens (including phenoxy) is 4. The van der Waals surface area contributed by atoms with Crippen LogP contribution in [0.1, 0.15) is 40.0 Å². The highest BCUT2D eigenvalue weighted by atomic mass is 19.1. The monoisotopic (exact) mass is 558 g/mol. The van der Waals surface area contributed by atoms with Crippen LogP contribution in [0, 0.1) is 17.7 Å². The molecule has 2 aliphatic heterocycles. The number of anilines is 2. The lowest BCUT2D eigenvalue weighted by Gasteiger charge is -2.38. The van der Waals surface area contributed by atoms with Crippen molar-refractivity contribution >= 4 is 17.3 Å². The van der Waals surface area contributed by atoms with Gasteiger partial charge in [0.05, 0.1) is 24.8 Å². The number of benzene rings is 2. The first-order chi connectivity index (χ1) is 19.3. The molecule has 9 heteroatoms. The van der Waals surface area contributed by atoms with Crippen molar-refractivity contribution in [2.24, 2.45) is 11.8 Å². The molecule has 8 nitrogen and oxygen atoms in total. The van der Waals surface area contributed by atoms with Gasteiger partial charge < -0.3 is 33.9 Å². The highest BCUT2D eigenvalue weighted by Crippen LogP contribution is 2.35. The number of carboxylic acids is 1. The number of carbonyl (C=O) groups is 1. The van der Waals surface area contributed by atoms with Gasteiger partial charge in [0.15, 0.2) is 0 Å². The number of hydrogen-bond donors (Lipinski definition) is 1. The van der Waals surface area contributed by atoms with Gasteiger partial charge >= 0.3 is 5.97 Å². The molecule has 0 radical (unpaired) electrons. The summed E-state index contributed by atoms with van der Waals surface area (Å²) in [5, 5.41) is 9.55. The molecule has 0 amide bonds. The third-order valence-corrected chi connectivity index (χ3v) is 8.03. The van der Waals surface area contributed by atoms with E-state index < -0.39 is 5.97 Å². The summed E-state index contributed by atoms with van der Waals surface area (Å²) in [4.78, 5) is 15.8. The summed E-state index contributed by atoms with van der Waals surface area (Å²) in [5.41, 5.74) is 1.53. The molecular weight excluding hydrogens is 515 g/mol. The summed E-state index contributed by atoms with van der Waals surface area (Å²) in [6, 6.07) is 12.7. The van der Waals surface area contributed by atoms with E-state index in [1.807, 2.05) is 31.2 Å². The Kier molecular flexibility index (Phi) is 10.5. The zero-order chi connectivity index (χ0) is 28.6. The molecule has 2 aliphatic rings. The molecule has 4 rings (SSSR count). The summed E-state index contributed by atoms with van der Waals surface area (Å²) in [7, 11) is 1.67. The molecule has 2 aromatic rings. The van der Waals surface area contributed by atoms with E-state index in [0.29, 0.717) is 50.9 Å². The van der Waals surface area contributed by atoms with Crippen molar-refractivity contribution < 1.29 is 33.2 Å². The van der Waals surface area contributed by atoms with Gasteiger partial charge in [0.1, 0.15) is 23.4 Å². The molecule has 0 bridgehead atoms. The van der Waals surface area contributed by atoms with Crippen molar-refractivity contribution in [1.82, 2.24) is 0 Å². The Morgan fingerprint density at radius 3 is 2.48 bits per heavy atom. The van der Waals surface area contributed by atoms with E-state index in [-0.39, 0.29) is 42.3 Å². The van der Waals surface area contributed by atoms with Crippen LogP contribution in [0.2, 0.25) is 0 Å². The molecule has 0 aromatic heterocycles. The molecule has 0 saturated carbocycles. The summed E-state index contributed by atoms with van der Waals surface area (Å²) < 4.78 is 37.8. The molecule has 40 heavy (non-hydrogen) atoms. The maximum atomic E-state index is 14.6. The average Bonchev–Trinajstić information content (AvgIpc) is 3.23. The summed E-state index contributed by atoms with van der Waals surface area (Å²) in [6.45, 7) is 9.89. The van der Waals surface area contributed by atoms with E-state index in [0.717, 1.165) is 24.3 Å². The molecular formula is C31H43FN2O6. The lowest BCUT2D eigenvalue weighted by molar-refractivity contribution is -0.137. The predicted octanol–water partition coefficient (Wildman–Crippen LogP) is 5.24. The fraction of sp³-hybridized carbons (Fsp3) is 0.581. The Morgan fingerprint density at radius 2 is 1.80 bits per heavy atom. The van der Waals surface area contributed by atoms with Gasteiger partial charge in [-0.3, -0.25) is 4.79 Å². The standard InChI is InChI=1S/C31H43FN2O6/c1-5-38-25-11-12-26(32)28(17-25)33-14-13-29(21(2)19-33)40-24-9-7-23(8-10-24)34-20-30(39-16-6-15-37-4)22(3)27(34)18-31(35)36/h7-12,17,21-22,27,29-30H,5-6,13-16,18-20H2,1-4H3,(H,35,36)/t21?,22-,27-,29?,30-/m0/s1. The van der Waals surface area contributed by atoms with E-state index in [4.69, 9.17) is 18.9 Å². The minimum Gasteiger partial charge on any atom is -0.494 e. The van der Waals surface area contributed by atoms with Crippen molar-refractivity contribution in [1.29, 1.82) is 0 Å². The molecule has 5 atom stereocenters. The maximum Gasteiger partial charge on any atom is 0.305 e. The first kappa shape index (κ1) is 29.9. The molecule has 0 aliphatic carbocycles. The van der Waals surface area contributed by atoms with E-state index in [9.17, 15) is 14.3 Å². The van der Waals surface area contributed by atoms with Crippen LogP contribution in [-0.2, 0) is 14.3 Å². The molecule has 2 saturated heterocycles. The van der Waals surface area contributed by atoms with Gasteiger partial charge in [0.25, 0.3) is 0 Å². The van der Waals surface area contributed by atoms with Gasteiger partial charge in [-0.05, 0) is 49.7 Å². The minimum atomic E-state index is -0.813. The number of methoxy groups -OCH3 is 1. The van der Waals surface area contributed by atoms with Gasteiger partial charge in [0, 0.05) is 76.0 Å². The summed E-state index contributed by atoms with van der Waals surface area (Å²) in [5.74, 6) is 0.663. The Morgan fingerprint density at radius 1 is 1.05 bits per heavy atom. The Bertz CT molecular complexity index is 1100. The van der Waals surface area contributed by atoms with Crippen molar-refractivity contribution in [3.05, 3.63) is 48.3 Å². The molecule has 220 valence electrons. The van der Waals surface area contributed by atoms with E-state index in [1.165, 1.54) is 6.07 Å². The van der Waals surface area contributed by atoms with Crippen LogP contribution in [0.5, 0.6) is 11.5 Å². The number of halogens is 1. The summed E-state index contributed by atoms with van der Waals surface area (Å²) in [6.07, 6.45) is 1.61. The van der Waals surface area contributed by atoms with Crippen LogP contribution in [-0.4, -0.2) is 75.9 Å². The first-order valence-corrected chi connectivity index (χ1v) is 14.3. The number of hydrogen-bond acceptors (Lipinski definition) is 7. The third-order valence-electron chi connectivity index (χ3n) is 8.03. The summed E-state index contributed by atoms with van der Waals surface area (Å²) >= 11 is 0. The fourth-order valence-electron chi connectivity index (χ4n) is 5.84. The first-order valence-electron chi connectivity index (χ1n) is 14.3. The minimum absolute atomic E-state index is 0.0108. The van der Waals surface area contributed by atoms with Crippen molar-refractivity contribution in [3.8, 4) is 11.5 Å². The third kappa shape index (κ3) is 7.37. The molecule has 2 aromatic carbocycles. The number of carboxylic acid groups (broad SMARTS) is 1. The lowest BCUT2D eigenvalue weighted by atomic mass is 9.95. The smallest absolute Gasteiger partial charge is 0.305 e. The Labute approximate surface area is 237 Å². The molecule has 1 N–H and O–H groups in total. The second-order valence-electron chi connectivity index (χ2n) is 10.8. The SMILES string of the molecule is CCOc1ccc(F)c(N2CCC(Oc3ccc(N4C[C@H](OCCCOC)[C@@H](C)[C@@H]4CC(=O)O)cc3)C(C)C2)c1. The second kappa shape index (κ2) is 14.0. The second-order valence-corrected chi connectivity index (χ2v) is 10.8. The normalized spacial score (nSPS) is 24.8. The quantitative estimate of drug-likeness (QED) is 0.335. The molecule has 0 spiro atoms. The van der Waals surface area contributed by atoms with Crippen LogP contribution >= 0.6 is 0 Å². The lowest BCUT2D eigenvalue weighted by Crippen LogP contribution is -2.44. The maximum absolute atomic E-state index is 14.6. The number of piperidine rings is 1.